The zero-order valence-corrected chi connectivity index (χ0v) is 28.0. The standard InChI is InChI=1S/C37H50FN5O4/c1-37(2)15-22-40(23-16-37)30-11-17-41(18-12-30)34(44)33(25-27-6-5-7-28(24-27)26-38)47-36(46)42-19-13-31(14-20-42)43-21-10-29-8-3-4-9-32(29)39-35(43)45/h3-9,24,30-31,33H,10-23,25-26H2,1-2H3,(H,39,45)/t33-/m1/s1. The second-order valence-electron chi connectivity index (χ2n) is 14.5. The second kappa shape index (κ2) is 14.6. The molecule has 2 aromatic rings. The lowest BCUT2D eigenvalue weighted by molar-refractivity contribution is -0.142. The summed E-state index contributed by atoms with van der Waals surface area (Å²) < 4.78 is 19.5. The SMILES string of the molecule is CC1(C)CCN(C2CCN(C(=O)[C@@H](Cc3cccc(CF)c3)OC(=O)N3CCC(N4CCc5ccccc5NC4=O)CC3)CC2)CC1. The van der Waals surface area contributed by atoms with E-state index in [1.807, 2.05) is 40.1 Å². The van der Waals surface area contributed by atoms with Gasteiger partial charge < -0.3 is 29.7 Å². The maximum Gasteiger partial charge on any atom is 0.410 e. The highest BCUT2D eigenvalue weighted by atomic mass is 19.1. The molecule has 0 aromatic heterocycles. The largest absolute Gasteiger partial charge is 0.436 e. The monoisotopic (exact) mass is 647 g/mol. The first-order chi connectivity index (χ1) is 22.7. The van der Waals surface area contributed by atoms with Gasteiger partial charge in [-0.1, -0.05) is 56.3 Å². The van der Waals surface area contributed by atoms with Crippen molar-refractivity contribution in [3.63, 3.8) is 0 Å². The highest BCUT2D eigenvalue weighted by Gasteiger charge is 2.37. The molecule has 10 heteroatoms. The van der Waals surface area contributed by atoms with E-state index in [0.29, 0.717) is 62.6 Å². The van der Waals surface area contributed by atoms with Crippen LogP contribution >= 0.6 is 0 Å². The molecule has 47 heavy (non-hydrogen) atoms. The summed E-state index contributed by atoms with van der Waals surface area (Å²) in [6.07, 6.45) is 4.95. The molecule has 4 heterocycles. The number of anilines is 1. The summed E-state index contributed by atoms with van der Waals surface area (Å²) in [5, 5.41) is 3.04. The van der Waals surface area contributed by atoms with Gasteiger partial charge >= 0.3 is 12.1 Å². The van der Waals surface area contributed by atoms with E-state index in [4.69, 9.17) is 4.74 Å². The number of rotatable bonds is 7. The molecule has 0 bridgehead atoms. The predicted molar refractivity (Wildman–Crippen MR) is 180 cm³/mol. The molecule has 0 aliphatic carbocycles. The number of hydrogen-bond donors (Lipinski definition) is 1. The summed E-state index contributed by atoms with van der Waals surface area (Å²) in [5.74, 6) is -0.182. The number of piperidine rings is 3. The van der Waals surface area contributed by atoms with E-state index in [1.165, 1.54) is 12.8 Å². The summed E-state index contributed by atoms with van der Waals surface area (Å²) in [5.41, 5.74) is 3.68. The average Bonchev–Trinajstić information content (AvgIpc) is 3.26. The molecule has 1 atom stereocenters. The molecule has 4 aliphatic heterocycles. The topological polar surface area (TPSA) is 85.4 Å². The zero-order valence-electron chi connectivity index (χ0n) is 28.0. The number of carbonyl (C=O) groups is 3. The number of hydrogen-bond acceptors (Lipinski definition) is 5. The number of halogens is 1. The van der Waals surface area contributed by atoms with Crippen LogP contribution in [0, 0.1) is 5.41 Å². The Kier molecular flexibility index (Phi) is 10.3. The van der Waals surface area contributed by atoms with Crippen LogP contribution in [0.2, 0.25) is 0 Å². The molecule has 4 aliphatic rings. The summed E-state index contributed by atoms with van der Waals surface area (Å²) in [6.45, 7) is 9.06. The zero-order chi connectivity index (χ0) is 33.0. The first-order valence-electron chi connectivity index (χ1n) is 17.5. The molecule has 6 rings (SSSR count). The Bertz CT molecular complexity index is 1410. The van der Waals surface area contributed by atoms with Crippen molar-refractivity contribution < 1.29 is 23.5 Å². The van der Waals surface area contributed by atoms with Crippen LogP contribution in [-0.4, -0.2) is 102 Å². The van der Waals surface area contributed by atoms with Gasteiger partial charge in [-0.25, -0.2) is 14.0 Å². The van der Waals surface area contributed by atoms with Crippen molar-refractivity contribution in [3.05, 3.63) is 65.2 Å². The third kappa shape index (κ3) is 8.08. The summed E-state index contributed by atoms with van der Waals surface area (Å²) in [4.78, 5) is 48.5. The first-order valence-corrected chi connectivity index (χ1v) is 17.5. The van der Waals surface area contributed by atoms with Crippen LogP contribution < -0.4 is 5.32 Å². The second-order valence-corrected chi connectivity index (χ2v) is 14.5. The Morgan fingerprint density at radius 1 is 0.872 bits per heavy atom. The molecular weight excluding hydrogens is 597 g/mol. The maximum atomic E-state index is 14.0. The number of urea groups is 1. The Morgan fingerprint density at radius 2 is 1.53 bits per heavy atom. The van der Waals surface area contributed by atoms with Gasteiger partial charge in [0, 0.05) is 56.9 Å². The number of nitrogens with zero attached hydrogens (tertiary/aromatic N) is 4. The van der Waals surface area contributed by atoms with E-state index in [1.54, 1.807) is 23.1 Å². The van der Waals surface area contributed by atoms with E-state index in [9.17, 15) is 18.8 Å². The molecule has 9 nitrogen and oxygen atoms in total. The van der Waals surface area contributed by atoms with Gasteiger partial charge in [-0.05, 0) is 86.2 Å². The number of para-hydroxylation sites is 1. The summed E-state index contributed by atoms with van der Waals surface area (Å²) in [6, 6.07) is 15.4. The van der Waals surface area contributed by atoms with Crippen LogP contribution in [0.3, 0.4) is 0 Å². The Hall–Kier alpha value is -3.66. The molecular formula is C37H50FN5O4. The molecule has 0 spiro atoms. The van der Waals surface area contributed by atoms with Gasteiger partial charge in [0.1, 0.15) is 6.67 Å². The van der Waals surface area contributed by atoms with E-state index in [2.05, 4.69) is 24.1 Å². The van der Waals surface area contributed by atoms with Gasteiger partial charge in [-0.2, -0.15) is 0 Å². The number of likely N-dealkylation sites (tertiary alicyclic amines) is 3. The molecule has 4 amide bonds. The van der Waals surface area contributed by atoms with Gasteiger partial charge in [0.25, 0.3) is 5.91 Å². The summed E-state index contributed by atoms with van der Waals surface area (Å²) >= 11 is 0. The lowest BCUT2D eigenvalue weighted by Gasteiger charge is -2.44. The minimum Gasteiger partial charge on any atom is -0.436 e. The van der Waals surface area contributed by atoms with Crippen molar-refractivity contribution in [1.82, 2.24) is 19.6 Å². The van der Waals surface area contributed by atoms with Crippen molar-refractivity contribution in [2.75, 3.05) is 51.1 Å². The first kappa shape index (κ1) is 33.2. The van der Waals surface area contributed by atoms with Crippen LogP contribution in [0.25, 0.3) is 0 Å². The van der Waals surface area contributed by atoms with E-state index < -0.39 is 18.9 Å². The third-order valence-electron chi connectivity index (χ3n) is 10.8. The fourth-order valence-corrected chi connectivity index (χ4v) is 7.68. The van der Waals surface area contributed by atoms with Gasteiger partial charge in [0.05, 0.1) is 0 Å². The highest BCUT2D eigenvalue weighted by molar-refractivity contribution is 5.91. The van der Waals surface area contributed by atoms with Crippen LogP contribution in [0.15, 0.2) is 48.5 Å². The van der Waals surface area contributed by atoms with Crippen LogP contribution in [0.4, 0.5) is 19.7 Å². The minimum atomic E-state index is -0.989. The van der Waals surface area contributed by atoms with E-state index in [-0.39, 0.29) is 24.4 Å². The van der Waals surface area contributed by atoms with Crippen molar-refractivity contribution in [2.45, 2.75) is 90.1 Å². The molecule has 254 valence electrons. The molecule has 2 aromatic carbocycles. The van der Waals surface area contributed by atoms with Gasteiger partial charge in [-0.3, -0.25) is 4.79 Å². The van der Waals surface area contributed by atoms with Gasteiger partial charge in [0.15, 0.2) is 6.10 Å². The lowest BCUT2D eigenvalue weighted by atomic mass is 9.82. The molecule has 0 saturated carbocycles. The van der Waals surface area contributed by atoms with Crippen LogP contribution in [0.5, 0.6) is 0 Å². The van der Waals surface area contributed by atoms with Crippen LogP contribution in [-0.2, 0) is 29.0 Å². The van der Waals surface area contributed by atoms with Crippen molar-refractivity contribution in [2.24, 2.45) is 5.41 Å². The van der Waals surface area contributed by atoms with Crippen molar-refractivity contribution in [1.29, 1.82) is 0 Å². The molecule has 0 radical (unpaired) electrons. The number of alkyl halides is 1. The predicted octanol–water partition coefficient (Wildman–Crippen LogP) is 5.87. The number of benzene rings is 2. The fourth-order valence-electron chi connectivity index (χ4n) is 7.68. The number of amides is 4. The Morgan fingerprint density at radius 3 is 2.26 bits per heavy atom. The molecule has 3 fully saturated rings. The molecule has 1 N–H and O–H groups in total. The fraction of sp³-hybridized carbons (Fsp3) is 0.595. The number of fused-ring (bicyclic) bond motifs is 1. The van der Waals surface area contributed by atoms with E-state index >= 15 is 0 Å². The lowest BCUT2D eigenvalue weighted by Crippen LogP contribution is -2.53. The highest BCUT2D eigenvalue weighted by Crippen LogP contribution is 2.32. The normalized spacial score (nSPS) is 21.9. The van der Waals surface area contributed by atoms with Crippen LogP contribution in [0.1, 0.15) is 69.1 Å². The number of ether oxygens (including phenoxy) is 1. The molecule has 3 saturated heterocycles. The van der Waals surface area contributed by atoms with Gasteiger partial charge in [-0.15, -0.1) is 0 Å². The Labute approximate surface area is 278 Å². The van der Waals surface area contributed by atoms with Crippen molar-refractivity contribution >= 4 is 23.7 Å². The Balaban J connectivity index is 1.06. The smallest absolute Gasteiger partial charge is 0.410 e. The summed E-state index contributed by atoms with van der Waals surface area (Å²) in [7, 11) is 0. The van der Waals surface area contributed by atoms with E-state index in [0.717, 1.165) is 49.2 Å². The third-order valence-corrected chi connectivity index (χ3v) is 10.8. The average molecular weight is 648 g/mol. The number of nitrogens with one attached hydrogen (secondary N) is 1. The quantitative estimate of drug-likeness (QED) is 0.407. The molecule has 0 unspecified atom stereocenters. The van der Waals surface area contributed by atoms with Crippen molar-refractivity contribution in [3.8, 4) is 0 Å². The number of carbonyl (C=O) groups excluding carboxylic acids is 3. The maximum absolute atomic E-state index is 14.0. The minimum absolute atomic E-state index is 0.0153. The van der Waals surface area contributed by atoms with Gasteiger partial charge in [0.2, 0.25) is 0 Å².